The average molecular weight is 241 g/mol. The third-order valence-corrected chi connectivity index (χ3v) is 3.38. The topological polar surface area (TPSA) is 41.6 Å². The third-order valence-electron chi connectivity index (χ3n) is 2.53. The second kappa shape index (κ2) is 4.51. The van der Waals surface area contributed by atoms with E-state index in [1.54, 1.807) is 17.5 Å². The first-order valence-electron chi connectivity index (χ1n) is 5.40. The van der Waals surface area contributed by atoms with Crippen molar-refractivity contribution in [2.24, 2.45) is 0 Å². The number of aromatic nitrogens is 3. The summed E-state index contributed by atoms with van der Waals surface area (Å²) in [5.74, 6) is 0. The molecular weight excluding hydrogens is 230 g/mol. The Morgan fingerprint density at radius 2 is 2.00 bits per heavy atom. The van der Waals surface area contributed by atoms with Crippen molar-refractivity contribution in [3.63, 3.8) is 0 Å². The Morgan fingerprint density at radius 3 is 2.76 bits per heavy atom. The summed E-state index contributed by atoms with van der Waals surface area (Å²) in [6, 6.07) is 12.3. The fraction of sp³-hybridized carbons (Fsp3) is 0.0769. The molecule has 3 nitrogen and oxygen atoms in total. The molecule has 4 heteroatoms. The number of aromatic amines is 1. The monoisotopic (exact) mass is 241 g/mol. The number of hydrogen-bond acceptors (Lipinski definition) is 3. The molecule has 0 bridgehead atoms. The largest absolute Gasteiger partial charge is 0.276 e. The van der Waals surface area contributed by atoms with Crippen LogP contribution in [0.4, 0.5) is 0 Å². The molecule has 0 spiro atoms. The first kappa shape index (κ1) is 10.2. The summed E-state index contributed by atoms with van der Waals surface area (Å²) in [6.45, 7) is 0. The van der Waals surface area contributed by atoms with Crippen LogP contribution in [0.1, 0.15) is 10.6 Å². The van der Waals surface area contributed by atoms with Crippen molar-refractivity contribution in [2.45, 2.75) is 6.42 Å². The van der Waals surface area contributed by atoms with Gasteiger partial charge < -0.3 is 0 Å². The van der Waals surface area contributed by atoms with Gasteiger partial charge in [0.2, 0.25) is 0 Å². The minimum absolute atomic E-state index is 0.889. The molecule has 0 aliphatic carbocycles. The van der Waals surface area contributed by atoms with Crippen LogP contribution >= 0.6 is 11.3 Å². The third kappa shape index (κ3) is 2.26. The first-order chi connectivity index (χ1) is 8.42. The molecule has 2 heterocycles. The van der Waals surface area contributed by atoms with Crippen LogP contribution in [0.5, 0.6) is 0 Å². The minimum Gasteiger partial charge on any atom is -0.276 e. The molecule has 1 aromatic carbocycles. The van der Waals surface area contributed by atoms with Gasteiger partial charge in [0.15, 0.2) is 0 Å². The van der Waals surface area contributed by atoms with E-state index in [0.717, 1.165) is 22.8 Å². The van der Waals surface area contributed by atoms with Crippen molar-refractivity contribution in [1.82, 2.24) is 15.2 Å². The molecule has 0 saturated carbocycles. The van der Waals surface area contributed by atoms with Crippen molar-refractivity contribution < 1.29 is 0 Å². The van der Waals surface area contributed by atoms with E-state index in [2.05, 4.69) is 44.8 Å². The van der Waals surface area contributed by atoms with Gasteiger partial charge in [-0.25, -0.2) is 4.98 Å². The summed E-state index contributed by atoms with van der Waals surface area (Å²) in [7, 11) is 0. The molecule has 3 aromatic rings. The number of nitrogens with zero attached hydrogens (tertiary/aromatic N) is 2. The van der Waals surface area contributed by atoms with Crippen LogP contribution in [-0.4, -0.2) is 15.2 Å². The van der Waals surface area contributed by atoms with Crippen molar-refractivity contribution in [3.05, 3.63) is 58.5 Å². The summed E-state index contributed by atoms with van der Waals surface area (Å²) in [5.41, 5.74) is 3.23. The molecule has 0 radical (unpaired) electrons. The van der Waals surface area contributed by atoms with E-state index < -0.39 is 0 Å². The average Bonchev–Trinajstić information content (AvgIpc) is 3.00. The summed E-state index contributed by atoms with van der Waals surface area (Å²) in [4.78, 5) is 4.60. The summed E-state index contributed by atoms with van der Waals surface area (Å²) in [6.07, 6.45) is 2.63. The molecule has 0 atom stereocenters. The molecule has 0 aliphatic heterocycles. The quantitative estimate of drug-likeness (QED) is 0.765. The Hall–Kier alpha value is -1.94. The van der Waals surface area contributed by atoms with Crippen LogP contribution in [0.15, 0.2) is 48.0 Å². The highest BCUT2D eigenvalue weighted by Gasteiger charge is 2.05. The highest BCUT2D eigenvalue weighted by Crippen LogP contribution is 2.21. The molecule has 1 N–H and O–H groups in total. The molecular formula is C13H11N3S. The summed E-state index contributed by atoms with van der Waals surface area (Å²) in [5, 5.41) is 10.0. The van der Waals surface area contributed by atoms with Gasteiger partial charge in [-0.05, 0) is 11.6 Å². The number of hydrogen-bond donors (Lipinski definition) is 1. The lowest BCUT2D eigenvalue weighted by atomic mass is 10.2. The standard InChI is InChI=1S/C13H11N3S/c1-2-4-10(5-3-1)8-13-15-12(9-17-13)11-6-7-14-16-11/h1-7,9H,8H2,(H,14,16). The predicted octanol–water partition coefficient (Wildman–Crippen LogP) is 3.12. The maximum absolute atomic E-state index is 4.60. The smallest absolute Gasteiger partial charge is 0.0993 e. The Labute approximate surface area is 103 Å². The maximum Gasteiger partial charge on any atom is 0.0993 e. The molecule has 0 unspecified atom stereocenters. The van der Waals surface area contributed by atoms with Crippen LogP contribution in [0.25, 0.3) is 11.4 Å². The molecule has 3 rings (SSSR count). The molecule has 0 saturated heterocycles. The van der Waals surface area contributed by atoms with Crippen LogP contribution in [0, 0.1) is 0 Å². The van der Waals surface area contributed by atoms with Crippen LogP contribution in [-0.2, 0) is 6.42 Å². The van der Waals surface area contributed by atoms with Crippen molar-refractivity contribution in [3.8, 4) is 11.4 Å². The molecule has 0 amide bonds. The van der Waals surface area contributed by atoms with Gasteiger partial charge in [-0.2, -0.15) is 5.10 Å². The second-order valence-electron chi connectivity index (χ2n) is 3.76. The highest BCUT2D eigenvalue weighted by molar-refractivity contribution is 7.10. The lowest BCUT2D eigenvalue weighted by Gasteiger charge is -1.96. The fourth-order valence-corrected chi connectivity index (χ4v) is 2.51. The molecule has 0 fully saturated rings. The number of rotatable bonds is 3. The number of nitrogens with one attached hydrogen (secondary N) is 1. The Bertz CT molecular complexity index is 584. The highest BCUT2D eigenvalue weighted by atomic mass is 32.1. The van der Waals surface area contributed by atoms with Gasteiger partial charge in [0, 0.05) is 18.0 Å². The van der Waals surface area contributed by atoms with Gasteiger partial charge in [-0.3, -0.25) is 5.10 Å². The first-order valence-corrected chi connectivity index (χ1v) is 6.28. The van der Waals surface area contributed by atoms with Gasteiger partial charge in [-0.15, -0.1) is 11.3 Å². The summed E-state index contributed by atoms with van der Waals surface area (Å²) < 4.78 is 0. The number of H-pyrrole nitrogens is 1. The van der Waals surface area contributed by atoms with Gasteiger partial charge in [0.1, 0.15) is 0 Å². The SMILES string of the molecule is c1ccc(Cc2nc(-c3ccn[nH]3)cs2)cc1. The van der Waals surface area contributed by atoms with Gasteiger partial charge in [-0.1, -0.05) is 30.3 Å². The second-order valence-corrected chi connectivity index (χ2v) is 4.70. The Kier molecular flexibility index (Phi) is 2.71. The lowest BCUT2D eigenvalue weighted by Crippen LogP contribution is -1.87. The zero-order valence-corrected chi connectivity index (χ0v) is 9.95. The normalized spacial score (nSPS) is 10.6. The zero-order chi connectivity index (χ0) is 11.5. The Balaban J connectivity index is 1.82. The number of benzene rings is 1. The van der Waals surface area contributed by atoms with E-state index in [1.807, 2.05) is 12.1 Å². The lowest BCUT2D eigenvalue weighted by molar-refractivity contribution is 1.08. The minimum atomic E-state index is 0.889. The van der Waals surface area contributed by atoms with E-state index in [1.165, 1.54) is 5.56 Å². The van der Waals surface area contributed by atoms with E-state index in [9.17, 15) is 0 Å². The molecule has 0 aliphatic rings. The zero-order valence-electron chi connectivity index (χ0n) is 9.13. The van der Waals surface area contributed by atoms with Crippen LogP contribution in [0.3, 0.4) is 0 Å². The molecule has 2 aromatic heterocycles. The predicted molar refractivity (Wildman–Crippen MR) is 68.9 cm³/mol. The van der Waals surface area contributed by atoms with Gasteiger partial charge in [0.05, 0.1) is 16.4 Å². The van der Waals surface area contributed by atoms with Crippen molar-refractivity contribution in [2.75, 3.05) is 0 Å². The molecule has 84 valence electrons. The van der Waals surface area contributed by atoms with Crippen molar-refractivity contribution >= 4 is 11.3 Å². The van der Waals surface area contributed by atoms with Crippen LogP contribution in [0.2, 0.25) is 0 Å². The number of thiazole rings is 1. The van der Waals surface area contributed by atoms with Gasteiger partial charge >= 0.3 is 0 Å². The fourth-order valence-electron chi connectivity index (χ4n) is 1.68. The van der Waals surface area contributed by atoms with E-state index in [4.69, 9.17) is 0 Å². The Morgan fingerprint density at radius 1 is 1.12 bits per heavy atom. The van der Waals surface area contributed by atoms with Crippen LogP contribution < -0.4 is 0 Å². The summed E-state index contributed by atoms with van der Waals surface area (Å²) >= 11 is 1.68. The van der Waals surface area contributed by atoms with Gasteiger partial charge in [0.25, 0.3) is 0 Å². The van der Waals surface area contributed by atoms with E-state index in [0.29, 0.717) is 0 Å². The maximum atomic E-state index is 4.60. The molecule has 17 heavy (non-hydrogen) atoms. The van der Waals surface area contributed by atoms with Crippen molar-refractivity contribution in [1.29, 1.82) is 0 Å². The van der Waals surface area contributed by atoms with E-state index >= 15 is 0 Å². The van der Waals surface area contributed by atoms with E-state index in [-0.39, 0.29) is 0 Å².